The van der Waals surface area contributed by atoms with Crippen LogP contribution in [0.1, 0.15) is 5.56 Å². The molecule has 0 spiro atoms. The zero-order chi connectivity index (χ0) is 13.8. The highest BCUT2D eigenvalue weighted by Gasteiger charge is 2.02. The smallest absolute Gasteiger partial charge is 0.238 e. The summed E-state index contributed by atoms with van der Waals surface area (Å²) < 4.78 is 5.71. The van der Waals surface area contributed by atoms with Gasteiger partial charge in [-0.3, -0.25) is 0 Å². The fourth-order valence-electron chi connectivity index (χ4n) is 2.00. The summed E-state index contributed by atoms with van der Waals surface area (Å²) in [7, 11) is 0. The molecule has 0 bridgehead atoms. The number of hydrogen-bond acceptors (Lipinski definition) is 4. The third kappa shape index (κ3) is 2.75. The van der Waals surface area contributed by atoms with Crippen molar-refractivity contribution in [1.29, 1.82) is 0 Å². The zero-order valence-corrected chi connectivity index (χ0v) is 11.0. The first-order chi connectivity index (χ1) is 9.85. The quantitative estimate of drug-likeness (QED) is 0.788. The SMILES string of the molecule is NCCc1ccc(Oc2cnc3ccccc3n2)cc1. The molecule has 0 saturated carbocycles. The molecule has 20 heavy (non-hydrogen) atoms. The molecule has 0 saturated heterocycles. The highest BCUT2D eigenvalue weighted by Crippen LogP contribution is 2.21. The molecule has 0 fully saturated rings. The van der Waals surface area contributed by atoms with Crippen LogP contribution in [0.2, 0.25) is 0 Å². The summed E-state index contributed by atoms with van der Waals surface area (Å²) in [5.74, 6) is 1.24. The van der Waals surface area contributed by atoms with E-state index in [4.69, 9.17) is 10.5 Å². The largest absolute Gasteiger partial charge is 0.437 e. The van der Waals surface area contributed by atoms with Crippen molar-refractivity contribution in [2.45, 2.75) is 6.42 Å². The van der Waals surface area contributed by atoms with E-state index in [9.17, 15) is 0 Å². The number of aromatic nitrogens is 2. The highest BCUT2D eigenvalue weighted by atomic mass is 16.5. The molecule has 1 heterocycles. The van der Waals surface area contributed by atoms with E-state index in [2.05, 4.69) is 9.97 Å². The fraction of sp³-hybridized carbons (Fsp3) is 0.125. The molecule has 100 valence electrons. The number of benzene rings is 2. The summed E-state index contributed by atoms with van der Waals surface area (Å²) in [5, 5.41) is 0. The van der Waals surface area contributed by atoms with Crippen molar-refractivity contribution in [2.75, 3.05) is 6.54 Å². The summed E-state index contributed by atoms with van der Waals surface area (Å²) in [5.41, 5.74) is 8.41. The van der Waals surface area contributed by atoms with Gasteiger partial charge in [-0.25, -0.2) is 9.97 Å². The van der Waals surface area contributed by atoms with E-state index in [0.29, 0.717) is 12.4 Å². The molecular formula is C16H15N3O. The van der Waals surface area contributed by atoms with Gasteiger partial charge in [-0.1, -0.05) is 24.3 Å². The fourth-order valence-corrected chi connectivity index (χ4v) is 2.00. The predicted molar refractivity (Wildman–Crippen MR) is 78.8 cm³/mol. The van der Waals surface area contributed by atoms with E-state index >= 15 is 0 Å². The Morgan fingerprint density at radius 2 is 1.70 bits per heavy atom. The van der Waals surface area contributed by atoms with Gasteiger partial charge in [0.1, 0.15) is 5.75 Å². The molecule has 0 aliphatic rings. The molecule has 4 heteroatoms. The maximum Gasteiger partial charge on any atom is 0.238 e. The third-order valence-electron chi connectivity index (χ3n) is 3.01. The van der Waals surface area contributed by atoms with Crippen LogP contribution in [0.5, 0.6) is 11.6 Å². The summed E-state index contributed by atoms with van der Waals surface area (Å²) in [6.45, 7) is 0.649. The maximum absolute atomic E-state index is 5.71. The van der Waals surface area contributed by atoms with E-state index in [0.717, 1.165) is 23.2 Å². The third-order valence-corrected chi connectivity index (χ3v) is 3.01. The lowest BCUT2D eigenvalue weighted by Crippen LogP contribution is -2.02. The van der Waals surface area contributed by atoms with Crippen LogP contribution < -0.4 is 10.5 Å². The predicted octanol–water partition coefficient (Wildman–Crippen LogP) is 2.92. The van der Waals surface area contributed by atoms with Crippen molar-refractivity contribution >= 4 is 11.0 Å². The molecular weight excluding hydrogens is 250 g/mol. The molecule has 0 amide bonds. The molecule has 0 aliphatic heterocycles. The van der Waals surface area contributed by atoms with Crippen molar-refractivity contribution in [3.05, 3.63) is 60.3 Å². The molecule has 1 aromatic heterocycles. The Morgan fingerprint density at radius 1 is 0.950 bits per heavy atom. The normalized spacial score (nSPS) is 10.7. The van der Waals surface area contributed by atoms with Gasteiger partial charge in [-0.05, 0) is 42.8 Å². The number of nitrogens with two attached hydrogens (primary N) is 1. The van der Waals surface area contributed by atoms with Gasteiger partial charge in [-0.15, -0.1) is 0 Å². The van der Waals surface area contributed by atoms with Gasteiger partial charge in [0.05, 0.1) is 17.2 Å². The van der Waals surface area contributed by atoms with Gasteiger partial charge in [-0.2, -0.15) is 0 Å². The van der Waals surface area contributed by atoms with Crippen molar-refractivity contribution in [3.8, 4) is 11.6 Å². The molecule has 0 unspecified atom stereocenters. The molecule has 0 aliphatic carbocycles. The average molecular weight is 265 g/mol. The average Bonchev–Trinajstić information content (AvgIpc) is 2.49. The van der Waals surface area contributed by atoms with Gasteiger partial charge in [0.2, 0.25) is 5.88 Å². The van der Waals surface area contributed by atoms with E-state index in [1.807, 2.05) is 48.5 Å². The highest BCUT2D eigenvalue weighted by molar-refractivity contribution is 5.74. The molecule has 3 rings (SSSR count). The first kappa shape index (κ1) is 12.6. The molecule has 2 N–H and O–H groups in total. The molecule has 3 aromatic rings. The Morgan fingerprint density at radius 3 is 2.45 bits per heavy atom. The van der Waals surface area contributed by atoms with E-state index in [1.165, 1.54) is 5.56 Å². The monoisotopic (exact) mass is 265 g/mol. The number of ether oxygens (including phenoxy) is 1. The van der Waals surface area contributed by atoms with Crippen molar-refractivity contribution in [2.24, 2.45) is 5.73 Å². The van der Waals surface area contributed by atoms with Crippen LogP contribution in [0.4, 0.5) is 0 Å². The van der Waals surface area contributed by atoms with Gasteiger partial charge in [0.25, 0.3) is 0 Å². The molecule has 0 radical (unpaired) electrons. The van der Waals surface area contributed by atoms with Crippen LogP contribution in [0.3, 0.4) is 0 Å². The molecule has 4 nitrogen and oxygen atoms in total. The lowest BCUT2D eigenvalue weighted by molar-refractivity contribution is 0.462. The van der Waals surface area contributed by atoms with Gasteiger partial charge < -0.3 is 10.5 Å². The van der Waals surface area contributed by atoms with Crippen molar-refractivity contribution < 1.29 is 4.74 Å². The first-order valence-corrected chi connectivity index (χ1v) is 6.54. The summed E-state index contributed by atoms with van der Waals surface area (Å²) in [6, 6.07) is 15.6. The number of para-hydroxylation sites is 2. The number of fused-ring (bicyclic) bond motifs is 1. The van der Waals surface area contributed by atoms with E-state index < -0.39 is 0 Å². The second kappa shape index (κ2) is 5.67. The van der Waals surface area contributed by atoms with Gasteiger partial charge in [0.15, 0.2) is 0 Å². The van der Waals surface area contributed by atoms with Crippen LogP contribution in [0.25, 0.3) is 11.0 Å². The number of hydrogen-bond donors (Lipinski definition) is 1. The Bertz CT molecular complexity index is 710. The van der Waals surface area contributed by atoms with Crippen LogP contribution in [-0.2, 0) is 6.42 Å². The van der Waals surface area contributed by atoms with Crippen LogP contribution >= 0.6 is 0 Å². The minimum Gasteiger partial charge on any atom is -0.437 e. The van der Waals surface area contributed by atoms with E-state index in [-0.39, 0.29) is 0 Å². The van der Waals surface area contributed by atoms with Gasteiger partial charge in [0, 0.05) is 0 Å². The van der Waals surface area contributed by atoms with Gasteiger partial charge >= 0.3 is 0 Å². The minimum atomic E-state index is 0.496. The Labute approximate surface area is 117 Å². The molecule has 0 atom stereocenters. The van der Waals surface area contributed by atoms with Crippen molar-refractivity contribution in [1.82, 2.24) is 9.97 Å². The van der Waals surface area contributed by atoms with Crippen LogP contribution in [0.15, 0.2) is 54.7 Å². The standard InChI is InChI=1S/C16H15N3O/c17-10-9-12-5-7-13(8-6-12)20-16-11-18-14-3-1-2-4-15(14)19-16/h1-8,11H,9-10,17H2. The number of nitrogens with zero attached hydrogens (tertiary/aromatic N) is 2. The molecule has 2 aromatic carbocycles. The summed E-state index contributed by atoms with van der Waals surface area (Å²) >= 11 is 0. The Hall–Kier alpha value is -2.46. The summed E-state index contributed by atoms with van der Waals surface area (Å²) in [4.78, 5) is 8.74. The Kier molecular flexibility index (Phi) is 3.56. The first-order valence-electron chi connectivity index (χ1n) is 6.54. The maximum atomic E-state index is 5.71. The number of rotatable bonds is 4. The van der Waals surface area contributed by atoms with Crippen LogP contribution in [-0.4, -0.2) is 16.5 Å². The minimum absolute atomic E-state index is 0.496. The summed E-state index contributed by atoms with van der Waals surface area (Å²) in [6.07, 6.45) is 2.51. The second-order valence-electron chi connectivity index (χ2n) is 4.48. The lowest BCUT2D eigenvalue weighted by Gasteiger charge is -2.06. The lowest BCUT2D eigenvalue weighted by atomic mass is 10.1. The van der Waals surface area contributed by atoms with Crippen molar-refractivity contribution in [3.63, 3.8) is 0 Å². The topological polar surface area (TPSA) is 61.0 Å². The zero-order valence-electron chi connectivity index (χ0n) is 11.0. The van der Waals surface area contributed by atoms with E-state index in [1.54, 1.807) is 6.20 Å². The van der Waals surface area contributed by atoms with Crippen LogP contribution in [0, 0.1) is 0 Å². The Balaban J connectivity index is 1.81. The second-order valence-corrected chi connectivity index (χ2v) is 4.48.